The number of unbranched alkanes of at least 4 members (excludes halogenated alkanes) is 1. The maximum Gasteiger partial charge on any atom is 0.303 e. The second kappa shape index (κ2) is 9.02. The van der Waals surface area contributed by atoms with Gasteiger partial charge >= 0.3 is 11.9 Å². The van der Waals surface area contributed by atoms with Crippen LogP contribution in [0, 0.1) is 17.3 Å². The van der Waals surface area contributed by atoms with Crippen molar-refractivity contribution in [2.24, 2.45) is 17.3 Å². The van der Waals surface area contributed by atoms with E-state index < -0.39 is 11.9 Å². The molecular weight excluding hydrogens is 318 g/mol. The van der Waals surface area contributed by atoms with Crippen molar-refractivity contribution >= 4 is 11.9 Å². The average Bonchev–Trinajstić information content (AvgIpc) is 2.48. The summed E-state index contributed by atoms with van der Waals surface area (Å²) in [6.07, 6.45) is 5.83. The molecule has 2 N–H and O–H groups in total. The van der Waals surface area contributed by atoms with E-state index in [1.165, 1.54) is 0 Å². The van der Waals surface area contributed by atoms with Crippen LogP contribution in [0.1, 0.15) is 79.1 Å². The Bertz CT molecular complexity index is 459. The number of hydrogen-bond donors (Lipinski definition) is 2. The molecule has 25 heavy (non-hydrogen) atoms. The molecule has 0 amide bonds. The van der Waals surface area contributed by atoms with Crippen LogP contribution < -0.4 is 0 Å². The number of nitrogens with zero attached hydrogens (tertiary/aromatic N) is 1. The van der Waals surface area contributed by atoms with Gasteiger partial charge in [-0.15, -0.1) is 0 Å². The van der Waals surface area contributed by atoms with E-state index in [0.29, 0.717) is 24.7 Å². The Labute approximate surface area is 152 Å². The van der Waals surface area contributed by atoms with Gasteiger partial charge in [-0.3, -0.25) is 9.59 Å². The Morgan fingerprint density at radius 1 is 1.00 bits per heavy atom. The lowest BCUT2D eigenvalue weighted by molar-refractivity contribution is -0.138. The standard InChI is InChI=1S/C20H37NO4/c1-19(2)16(13-14-21(5)20(19,3)4)15(10-8-12-18(24)25)9-6-7-11-17(22)23/h15-16H,6-14H2,1-5H3,(H,22,23)(H,24,25). The molecule has 0 aromatic carbocycles. The predicted octanol–water partition coefficient (Wildman–Crippen LogP) is 4.26. The van der Waals surface area contributed by atoms with Crippen LogP contribution >= 0.6 is 0 Å². The van der Waals surface area contributed by atoms with E-state index in [9.17, 15) is 9.59 Å². The van der Waals surface area contributed by atoms with Gasteiger partial charge in [0.1, 0.15) is 0 Å². The third-order valence-electron chi connectivity index (χ3n) is 6.98. The number of hydrogen-bond acceptors (Lipinski definition) is 3. The van der Waals surface area contributed by atoms with Gasteiger partial charge in [0, 0.05) is 18.4 Å². The number of piperidine rings is 1. The summed E-state index contributed by atoms with van der Waals surface area (Å²) < 4.78 is 0. The maximum absolute atomic E-state index is 10.9. The number of carbonyl (C=O) groups is 2. The lowest BCUT2D eigenvalue weighted by atomic mass is 9.57. The molecule has 0 radical (unpaired) electrons. The Hall–Kier alpha value is -1.10. The van der Waals surface area contributed by atoms with Crippen molar-refractivity contribution in [2.75, 3.05) is 13.6 Å². The van der Waals surface area contributed by atoms with E-state index in [1.807, 2.05) is 0 Å². The molecule has 5 nitrogen and oxygen atoms in total. The van der Waals surface area contributed by atoms with Crippen LogP contribution in [0.2, 0.25) is 0 Å². The highest BCUT2D eigenvalue weighted by molar-refractivity contribution is 5.66. The fourth-order valence-corrected chi connectivity index (χ4v) is 4.49. The number of rotatable bonds is 10. The van der Waals surface area contributed by atoms with Crippen molar-refractivity contribution in [2.45, 2.75) is 84.6 Å². The van der Waals surface area contributed by atoms with E-state index in [0.717, 1.165) is 32.2 Å². The molecule has 0 aromatic heterocycles. The van der Waals surface area contributed by atoms with Crippen LogP contribution in [0.25, 0.3) is 0 Å². The summed E-state index contributed by atoms with van der Waals surface area (Å²) in [5, 5.41) is 17.8. The van der Waals surface area contributed by atoms with Crippen molar-refractivity contribution in [3.8, 4) is 0 Å². The predicted molar refractivity (Wildman–Crippen MR) is 99.7 cm³/mol. The molecule has 0 spiro atoms. The van der Waals surface area contributed by atoms with Gasteiger partial charge in [-0.25, -0.2) is 0 Å². The molecule has 1 fully saturated rings. The van der Waals surface area contributed by atoms with Gasteiger partial charge in [-0.05, 0) is 70.4 Å². The van der Waals surface area contributed by atoms with Crippen LogP contribution in [0.3, 0.4) is 0 Å². The normalized spacial score (nSPS) is 24.0. The molecular formula is C20H37NO4. The third-order valence-corrected chi connectivity index (χ3v) is 6.98. The fourth-order valence-electron chi connectivity index (χ4n) is 4.49. The van der Waals surface area contributed by atoms with Crippen molar-refractivity contribution in [3.05, 3.63) is 0 Å². The summed E-state index contributed by atoms with van der Waals surface area (Å²) in [5.41, 5.74) is 0.211. The van der Waals surface area contributed by atoms with E-state index in [1.54, 1.807) is 0 Å². The largest absolute Gasteiger partial charge is 0.481 e. The third kappa shape index (κ3) is 5.70. The lowest BCUT2D eigenvalue weighted by Crippen LogP contribution is -2.60. The second-order valence-electron chi connectivity index (χ2n) is 8.78. The molecule has 2 unspecified atom stereocenters. The Morgan fingerprint density at radius 3 is 2.08 bits per heavy atom. The van der Waals surface area contributed by atoms with Crippen LogP contribution in [0.15, 0.2) is 0 Å². The molecule has 1 heterocycles. The molecule has 0 bridgehead atoms. The Balaban J connectivity index is 2.81. The average molecular weight is 356 g/mol. The first-order valence-electron chi connectivity index (χ1n) is 9.65. The second-order valence-corrected chi connectivity index (χ2v) is 8.78. The van der Waals surface area contributed by atoms with Gasteiger partial charge in [-0.1, -0.05) is 26.7 Å². The molecule has 0 saturated carbocycles. The molecule has 1 saturated heterocycles. The lowest BCUT2D eigenvalue weighted by Gasteiger charge is -2.58. The SMILES string of the molecule is CN1CCC(C(CCCCC(=O)O)CCCC(=O)O)C(C)(C)C1(C)C. The summed E-state index contributed by atoms with van der Waals surface area (Å²) in [5.74, 6) is -0.454. The summed E-state index contributed by atoms with van der Waals surface area (Å²) in [4.78, 5) is 24.1. The van der Waals surface area contributed by atoms with Crippen LogP contribution in [0.4, 0.5) is 0 Å². The highest BCUT2D eigenvalue weighted by Gasteiger charge is 2.50. The molecule has 1 aliphatic rings. The highest BCUT2D eigenvalue weighted by atomic mass is 16.4. The molecule has 146 valence electrons. The van der Waals surface area contributed by atoms with Gasteiger partial charge in [0.15, 0.2) is 0 Å². The molecule has 1 aliphatic heterocycles. The zero-order valence-corrected chi connectivity index (χ0v) is 16.7. The first-order chi connectivity index (χ1) is 11.5. The first kappa shape index (κ1) is 21.9. The zero-order valence-electron chi connectivity index (χ0n) is 16.7. The van der Waals surface area contributed by atoms with Crippen LogP contribution in [-0.4, -0.2) is 46.2 Å². The van der Waals surface area contributed by atoms with Crippen LogP contribution in [-0.2, 0) is 9.59 Å². The minimum absolute atomic E-state index is 0.0853. The Morgan fingerprint density at radius 2 is 1.52 bits per heavy atom. The number of aliphatic carboxylic acids is 2. The summed E-state index contributed by atoms with van der Waals surface area (Å²) >= 11 is 0. The molecule has 2 atom stereocenters. The van der Waals surface area contributed by atoms with E-state index in [-0.39, 0.29) is 23.8 Å². The number of likely N-dealkylation sites (tertiary alicyclic amines) is 1. The smallest absolute Gasteiger partial charge is 0.303 e. The quantitative estimate of drug-likeness (QED) is 0.573. The zero-order chi connectivity index (χ0) is 19.3. The molecule has 0 aliphatic carbocycles. The van der Waals surface area contributed by atoms with Gasteiger partial charge in [0.25, 0.3) is 0 Å². The fraction of sp³-hybridized carbons (Fsp3) is 0.900. The summed E-state index contributed by atoms with van der Waals surface area (Å²) in [7, 11) is 2.18. The van der Waals surface area contributed by atoms with Gasteiger partial charge in [0.05, 0.1) is 0 Å². The topological polar surface area (TPSA) is 77.8 Å². The maximum atomic E-state index is 10.9. The highest BCUT2D eigenvalue weighted by Crippen LogP contribution is 2.51. The van der Waals surface area contributed by atoms with Gasteiger partial charge in [0.2, 0.25) is 0 Å². The summed E-state index contributed by atoms with van der Waals surface area (Å²) in [6.45, 7) is 10.4. The van der Waals surface area contributed by atoms with Gasteiger partial charge < -0.3 is 15.1 Å². The van der Waals surface area contributed by atoms with Crippen molar-refractivity contribution in [1.82, 2.24) is 4.90 Å². The monoisotopic (exact) mass is 355 g/mol. The van der Waals surface area contributed by atoms with E-state index in [4.69, 9.17) is 10.2 Å². The summed E-state index contributed by atoms with van der Waals surface area (Å²) in [6, 6.07) is 0. The number of carboxylic acids is 2. The molecule has 0 aromatic rings. The van der Waals surface area contributed by atoms with Gasteiger partial charge in [-0.2, -0.15) is 0 Å². The van der Waals surface area contributed by atoms with E-state index >= 15 is 0 Å². The van der Waals surface area contributed by atoms with E-state index in [2.05, 4.69) is 39.6 Å². The Kier molecular flexibility index (Phi) is 7.91. The number of carboxylic acid groups (broad SMARTS) is 2. The van der Waals surface area contributed by atoms with Crippen LogP contribution in [0.5, 0.6) is 0 Å². The molecule has 1 rings (SSSR count). The first-order valence-corrected chi connectivity index (χ1v) is 9.65. The van der Waals surface area contributed by atoms with Crippen molar-refractivity contribution in [1.29, 1.82) is 0 Å². The minimum atomic E-state index is -0.733. The molecule has 5 heteroatoms. The van der Waals surface area contributed by atoms with Crippen molar-refractivity contribution < 1.29 is 19.8 Å². The van der Waals surface area contributed by atoms with Crippen molar-refractivity contribution in [3.63, 3.8) is 0 Å². The minimum Gasteiger partial charge on any atom is -0.481 e.